The number of anilines is 2. The number of nitrogens with zero attached hydrogens (tertiary/aromatic N) is 2. The zero-order valence-corrected chi connectivity index (χ0v) is 12.0. The van der Waals surface area contributed by atoms with E-state index in [1.807, 2.05) is 26.0 Å². The van der Waals surface area contributed by atoms with Gasteiger partial charge in [0.1, 0.15) is 17.5 Å². The minimum absolute atomic E-state index is 0.527. The molecule has 0 fully saturated rings. The lowest BCUT2D eigenvalue weighted by Gasteiger charge is -2.11. The van der Waals surface area contributed by atoms with E-state index in [1.54, 1.807) is 0 Å². The Morgan fingerprint density at radius 1 is 1.28 bits per heavy atom. The molecule has 4 nitrogen and oxygen atoms in total. The van der Waals surface area contributed by atoms with Crippen molar-refractivity contribution in [2.75, 3.05) is 11.1 Å². The Labute approximate surface area is 115 Å². The van der Waals surface area contributed by atoms with Crippen LogP contribution in [0.2, 0.25) is 0 Å². The molecule has 0 saturated carbocycles. The molecular weight excluding hydrogens is 292 g/mol. The molecule has 2 aromatic rings. The lowest BCUT2D eigenvalue weighted by atomic mass is 10.2. The number of hydrogen-bond acceptors (Lipinski definition) is 4. The van der Waals surface area contributed by atoms with Gasteiger partial charge >= 0.3 is 0 Å². The highest BCUT2D eigenvalue weighted by Crippen LogP contribution is 2.18. The summed E-state index contributed by atoms with van der Waals surface area (Å²) in [6.45, 7) is 4.45. The number of nitrogen functional groups attached to an aromatic ring is 1. The Morgan fingerprint density at radius 2 is 2.06 bits per heavy atom. The zero-order valence-electron chi connectivity index (χ0n) is 10.4. The molecule has 0 amide bonds. The molecule has 0 radical (unpaired) electrons. The van der Waals surface area contributed by atoms with Gasteiger partial charge in [-0.15, -0.1) is 0 Å². The van der Waals surface area contributed by atoms with Crippen molar-refractivity contribution in [3.05, 3.63) is 45.7 Å². The molecule has 0 atom stereocenters. The molecule has 18 heavy (non-hydrogen) atoms. The predicted molar refractivity (Wildman–Crippen MR) is 77.4 cm³/mol. The Morgan fingerprint density at radius 3 is 2.78 bits per heavy atom. The van der Waals surface area contributed by atoms with Crippen molar-refractivity contribution in [3.63, 3.8) is 0 Å². The number of benzene rings is 1. The van der Waals surface area contributed by atoms with E-state index in [4.69, 9.17) is 5.73 Å². The van der Waals surface area contributed by atoms with Gasteiger partial charge in [-0.3, -0.25) is 0 Å². The summed E-state index contributed by atoms with van der Waals surface area (Å²) in [6.07, 6.45) is 0. The van der Waals surface area contributed by atoms with Crippen LogP contribution in [0, 0.1) is 13.8 Å². The minimum atomic E-state index is 0.527. The number of aromatic nitrogens is 2. The first-order valence-electron chi connectivity index (χ1n) is 5.65. The molecule has 94 valence electrons. The topological polar surface area (TPSA) is 63.8 Å². The highest BCUT2D eigenvalue weighted by molar-refractivity contribution is 9.10. The van der Waals surface area contributed by atoms with Gasteiger partial charge in [-0.2, -0.15) is 0 Å². The molecule has 0 aliphatic rings. The van der Waals surface area contributed by atoms with E-state index in [0.29, 0.717) is 18.2 Å². The highest BCUT2D eigenvalue weighted by Gasteiger charge is 2.06. The van der Waals surface area contributed by atoms with E-state index >= 15 is 0 Å². The third kappa shape index (κ3) is 2.98. The molecule has 0 bridgehead atoms. The number of halogens is 1. The molecule has 0 aliphatic carbocycles. The lowest BCUT2D eigenvalue weighted by molar-refractivity contribution is 1.01. The molecule has 0 spiro atoms. The van der Waals surface area contributed by atoms with Crippen molar-refractivity contribution in [1.29, 1.82) is 0 Å². The molecular formula is C13H15BrN4. The van der Waals surface area contributed by atoms with Crippen LogP contribution in [0.25, 0.3) is 0 Å². The number of nitrogens with one attached hydrogen (secondary N) is 1. The molecule has 1 heterocycles. The molecule has 0 unspecified atom stereocenters. The van der Waals surface area contributed by atoms with Gasteiger partial charge in [0, 0.05) is 16.6 Å². The fourth-order valence-corrected chi connectivity index (χ4v) is 2.10. The van der Waals surface area contributed by atoms with Crippen molar-refractivity contribution >= 4 is 27.6 Å². The maximum atomic E-state index is 5.82. The second-order valence-corrected chi connectivity index (χ2v) is 5.03. The smallest absolute Gasteiger partial charge is 0.135 e. The van der Waals surface area contributed by atoms with Gasteiger partial charge < -0.3 is 11.1 Å². The Hall–Kier alpha value is -1.62. The van der Waals surface area contributed by atoms with Gasteiger partial charge in [0.2, 0.25) is 0 Å². The van der Waals surface area contributed by atoms with Gasteiger partial charge in [-0.1, -0.05) is 28.1 Å². The fourth-order valence-electron chi connectivity index (χ4n) is 1.65. The van der Waals surface area contributed by atoms with Crippen molar-refractivity contribution < 1.29 is 0 Å². The average Bonchev–Trinajstić information content (AvgIpc) is 2.32. The molecule has 0 aliphatic heterocycles. The summed E-state index contributed by atoms with van der Waals surface area (Å²) in [5, 5.41) is 3.29. The lowest BCUT2D eigenvalue weighted by Crippen LogP contribution is -2.08. The summed E-state index contributed by atoms with van der Waals surface area (Å²) in [5.74, 6) is 1.99. The summed E-state index contributed by atoms with van der Waals surface area (Å²) in [6, 6.07) is 8.14. The van der Waals surface area contributed by atoms with Crippen LogP contribution in [0.3, 0.4) is 0 Å². The Balaban J connectivity index is 2.15. The molecule has 5 heteroatoms. The van der Waals surface area contributed by atoms with Gasteiger partial charge in [-0.05, 0) is 31.5 Å². The quantitative estimate of drug-likeness (QED) is 0.915. The summed E-state index contributed by atoms with van der Waals surface area (Å²) >= 11 is 3.45. The van der Waals surface area contributed by atoms with Crippen molar-refractivity contribution in [3.8, 4) is 0 Å². The van der Waals surface area contributed by atoms with Crippen LogP contribution in [-0.2, 0) is 6.54 Å². The van der Waals surface area contributed by atoms with E-state index in [1.165, 1.54) is 5.56 Å². The summed E-state index contributed by atoms with van der Waals surface area (Å²) in [7, 11) is 0. The summed E-state index contributed by atoms with van der Waals surface area (Å²) < 4.78 is 1.07. The molecule has 1 aromatic heterocycles. The maximum Gasteiger partial charge on any atom is 0.135 e. The fraction of sp³-hybridized carbons (Fsp3) is 0.231. The summed E-state index contributed by atoms with van der Waals surface area (Å²) in [5.41, 5.74) is 7.88. The SMILES string of the molecule is Cc1nc(N)c(C)c(NCc2cccc(Br)c2)n1. The highest BCUT2D eigenvalue weighted by atomic mass is 79.9. The maximum absolute atomic E-state index is 5.82. The van der Waals surface area contributed by atoms with Crippen LogP contribution >= 0.6 is 15.9 Å². The monoisotopic (exact) mass is 306 g/mol. The van der Waals surface area contributed by atoms with Crippen molar-refractivity contribution in [1.82, 2.24) is 9.97 Å². The third-order valence-corrected chi connectivity index (χ3v) is 3.14. The summed E-state index contributed by atoms with van der Waals surface area (Å²) in [4.78, 5) is 8.48. The first-order valence-corrected chi connectivity index (χ1v) is 6.44. The Kier molecular flexibility index (Phi) is 3.81. The van der Waals surface area contributed by atoms with Crippen LogP contribution in [0.5, 0.6) is 0 Å². The first-order chi connectivity index (χ1) is 8.56. The van der Waals surface area contributed by atoms with Gasteiger partial charge in [-0.25, -0.2) is 9.97 Å². The van der Waals surface area contributed by atoms with E-state index in [0.717, 1.165) is 15.9 Å². The van der Waals surface area contributed by atoms with Crippen LogP contribution in [0.4, 0.5) is 11.6 Å². The molecule has 1 aromatic carbocycles. The van der Waals surface area contributed by atoms with Crippen molar-refractivity contribution in [2.24, 2.45) is 0 Å². The number of hydrogen-bond donors (Lipinski definition) is 2. The number of aryl methyl sites for hydroxylation is 1. The predicted octanol–water partition coefficient (Wildman–Crippen LogP) is 3.05. The zero-order chi connectivity index (χ0) is 13.1. The van der Waals surface area contributed by atoms with Gasteiger partial charge in [0.25, 0.3) is 0 Å². The molecule has 0 saturated heterocycles. The minimum Gasteiger partial charge on any atom is -0.383 e. The largest absolute Gasteiger partial charge is 0.383 e. The van der Waals surface area contributed by atoms with E-state index in [9.17, 15) is 0 Å². The number of rotatable bonds is 3. The van der Waals surface area contributed by atoms with Gasteiger partial charge in [0.05, 0.1) is 0 Å². The number of nitrogens with two attached hydrogens (primary N) is 1. The molecule has 2 rings (SSSR count). The average molecular weight is 307 g/mol. The van der Waals surface area contributed by atoms with Crippen LogP contribution < -0.4 is 11.1 Å². The van der Waals surface area contributed by atoms with Crippen LogP contribution in [0.1, 0.15) is 17.0 Å². The van der Waals surface area contributed by atoms with Crippen LogP contribution in [-0.4, -0.2) is 9.97 Å². The Bertz CT molecular complexity index is 569. The third-order valence-electron chi connectivity index (χ3n) is 2.64. The van der Waals surface area contributed by atoms with Crippen LogP contribution in [0.15, 0.2) is 28.7 Å². The van der Waals surface area contributed by atoms with E-state index < -0.39 is 0 Å². The normalized spacial score (nSPS) is 10.4. The standard InChI is InChI=1S/C13H15BrN4/c1-8-12(15)17-9(2)18-13(8)16-7-10-4-3-5-11(14)6-10/h3-6H,7H2,1-2H3,(H3,15,16,17,18). The van der Waals surface area contributed by atoms with Crippen molar-refractivity contribution in [2.45, 2.75) is 20.4 Å². The van der Waals surface area contributed by atoms with E-state index in [2.05, 4.69) is 43.3 Å². The second kappa shape index (κ2) is 5.35. The van der Waals surface area contributed by atoms with E-state index in [-0.39, 0.29) is 0 Å². The second-order valence-electron chi connectivity index (χ2n) is 4.11. The molecule has 3 N–H and O–H groups in total. The first kappa shape index (κ1) is 12.8. The van der Waals surface area contributed by atoms with Gasteiger partial charge in [0.15, 0.2) is 0 Å².